The summed E-state index contributed by atoms with van der Waals surface area (Å²) in [7, 11) is 0. The van der Waals surface area contributed by atoms with Crippen molar-refractivity contribution >= 4 is 34.0 Å². The van der Waals surface area contributed by atoms with Crippen LogP contribution in [-0.2, 0) is 25.7 Å². The zero-order chi connectivity index (χ0) is 17.6. The molecule has 1 aliphatic rings. The summed E-state index contributed by atoms with van der Waals surface area (Å²) >= 11 is 2.95. The van der Waals surface area contributed by atoms with Crippen molar-refractivity contribution in [2.75, 3.05) is 18.4 Å². The van der Waals surface area contributed by atoms with Gasteiger partial charge in [0.2, 0.25) is 0 Å². The van der Waals surface area contributed by atoms with Crippen LogP contribution < -0.4 is 0 Å². The third kappa shape index (κ3) is 4.80. The molecule has 1 aliphatic heterocycles. The van der Waals surface area contributed by atoms with Crippen molar-refractivity contribution in [1.29, 1.82) is 0 Å². The monoisotopic (exact) mass is 397 g/mol. The van der Waals surface area contributed by atoms with Crippen LogP contribution in [-0.4, -0.2) is 41.4 Å². The number of rotatable bonds is 4. The van der Waals surface area contributed by atoms with Crippen LogP contribution in [0.2, 0.25) is 0 Å². The highest BCUT2D eigenvalue weighted by atomic mass is 79.9. The van der Waals surface area contributed by atoms with Gasteiger partial charge >= 0.3 is 18.0 Å². The minimum absolute atomic E-state index is 0.0440. The first-order valence-electron chi connectivity index (χ1n) is 7.71. The molecule has 6 nitrogen and oxygen atoms in total. The SMILES string of the molecule is CC1(C(=O)OC(=O)CBr)CCCN(C(=O)OCc2ccccc2)C1. The molecule has 0 aliphatic carbocycles. The van der Waals surface area contributed by atoms with Crippen molar-refractivity contribution in [3.05, 3.63) is 35.9 Å². The average molecular weight is 398 g/mol. The third-order valence-electron chi connectivity index (χ3n) is 3.97. The van der Waals surface area contributed by atoms with E-state index in [-0.39, 0.29) is 18.5 Å². The van der Waals surface area contributed by atoms with Gasteiger partial charge in [-0.1, -0.05) is 46.3 Å². The fraction of sp³-hybridized carbons (Fsp3) is 0.471. The van der Waals surface area contributed by atoms with E-state index in [9.17, 15) is 14.4 Å². The van der Waals surface area contributed by atoms with Crippen molar-refractivity contribution < 1.29 is 23.9 Å². The summed E-state index contributed by atoms with van der Waals surface area (Å²) in [5.41, 5.74) is -0.00470. The van der Waals surface area contributed by atoms with E-state index in [1.165, 1.54) is 4.90 Å². The highest BCUT2D eigenvalue weighted by Crippen LogP contribution is 2.31. The Hall–Kier alpha value is -1.89. The lowest BCUT2D eigenvalue weighted by atomic mass is 9.82. The van der Waals surface area contributed by atoms with Gasteiger partial charge in [-0.3, -0.25) is 9.59 Å². The molecule has 1 fully saturated rings. The third-order valence-corrected chi connectivity index (χ3v) is 4.43. The van der Waals surface area contributed by atoms with Crippen molar-refractivity contribution in [2.24, 2.45) is 5.41 Å². The number of carbonyl (C=O) groups excluding carboxylic acids is 3. The molecule has 7 heteroatoms. The summed E-state index contributed by atoms with van der Waals surface area (Å²) in [6.07, 6.45) is 0.739. The molecule has 1 unspecified atom stereocenters. The van der Waals surface area contributed by atoms with E-state index in [1.807, 2.05) is 30.3 Å². The predicted molar refractivity (Wildman–Crippen MR) is 90.4 cm³/mol. The van der Waals surface area contributed by atoms with Crippen LogP contribution in [0.4, 0.5) is 4.79 Å². The van der Waals surface area contributed by atoms with Gasteiger partial charge in [0.15, 0.2) is 0 Å². The molecule has 1 amide bonds. The van der Waals surface area contributed by atoms with Gasteiger partial charge in [-0.05, 0) is 25.3 Å². The molecule has 0 spiro atoms. The highest BCUT2D eigenvalue weighted by Gasteiger charge is 2.42. The van der Waals surface area contributed by atoms with E-state index in [2.05, 4.69) is 15.9 Å². The number of benzene rings is 1. The van der Waals surface area contributed by atoms with Crippen LogP contribution in [0, 0.1) is 5.41 Å². The summed E-state index contributed by atoms with van der Waals surface area (Å²) in [6.45, 7) is 2.57. The molecule has 0 bridgehead atoms. The van der Waals surface area contributed by atoms with Gasteiger partial charge in [-0.2, -0.15) is 0 Å². The van der Waals surface area contributed by atoms with Gasteiger partial charge in [-0.25, -0.2) is 4.79 Å². The zero-order valence-electron chi connectivity index (χ0n) is 13.5. The number of esters is 2. The van der Waals surface area contributed by atoms with Gasteiger partial charge in [0.1, 0.15) is 11.9 Å². The number of nitrogens with zero attached hydrogens (tertiary/aromatic N) is 1. The van der Waals surface area contributed by atoms with Crippen molar-refractivity contribution in [2.45, 2.75) is 26.4 Å². The van der Waals surface area contributed by atoms with Crippen molar-refractivity contribution in [1.82, 2.24) is 4.90 Å². The summed E-state index contributed by atoms with van der Waals surface area (Å²) in [6, 6.07) is 9.38. The Kier molecular flexibility index (Phi) is 6.36. The first-order chi connectivity index (χ1) is 11.4. The quantitative estimate of drug-likeness (QED) is 0.443. The summed E-state index contributed by atoms with van der Waals surface area (Å²) in [4.78, 5) is 37.2. The number of alkyl halides is 1. The minimum atomic E-state index is -0.901. The maximum absolute atomic E-state index is 12.2. The molecule has 2 rings (SSSR count). The van der Waals surface area contributed by atoms with Gasteiger partial charge in [-0.15, -0.1) is 0 Å². The number of ether oxygens (including phenoxy) is 2. The first kappa shape index (κ1) is 18.4. The number of piperidine rings is 1. The van der Waals surface area contributed by atoms with Crippen LogP contribution in [0.25, 0.3) is 0 Å². The Morgan fingerprint density at radius 2 is 1.96 bits per heavy atom. The molecule has 1 aromatic rings. The molecule has 1 saturated heterocycles. The molecule has 1 atom stereocenters. The summed E-state index contributed by atoms with van der Waals surface area (Å²) in [5.74, 6) is -1.24. The number of amides is 1. The second-order valence-electron chi connectivity index (χ2n) is 6.02. The van der Waals surface area contributed by atoms with E-state index >= 15 is 0 Å². The van der Waals surface area contributed by atoms with E-state index in [0.717, 1.165) is 5.56 Å². The molecule has 0 saturated carbocycles. The Labute approximate surface area is 149 Å². The molecule has 24 heavy (non-hydrogen) atoms. The fourth-order valence-corrected chi connectivity index (χ4v) is 2.74. The van der Waals surface area contributed by atoms with E-state index in [4.69, 9.17) is 9.47 Å². The largest absolute Gasteiger partial charge is 0.445 e. The van der Waals surface area contributed by atoms with Crippen LogP contribution >= 0.6 is 15.9 Å². The van der Waals surface area contributed by atoms with Crippen LogP contribution in [0.1, 0.15) is 25.3 Å². The summed E-state index contributed by atoms with van der Waals surface area (Å²) < 4.78 is 10.1. The lowest BCUT2D eigenvalue weighted by Gasteiger charge is -2.37. The lowest BCUT2D eigenvalue weighted by Crippen LogP contribution is -2.49. The molecular formula is C17H20BrNO5. The van der Waals surface area contributed by atoms with Gasteiger partial charge < -0.3 is 14.4 Å². The topological polar surface area (TPSA) is 72.9 Å². The smallest absolute Gasteiger partial charge is 0.410 e. The van der Waals surface area contributed by atoms with Crippen LogP contribution in [0.3, 0.4) is 0 Å². The predicted octanol–water partition coefficient (Wildman–Crippen LogP) is 2.89. The average Bonchev–Trinajstić information content (AvgIpc) is 2.60. The maximum atomic E-state index is 12.2. The Morgan fingerprint density at radius 3 is 2.62 bits per heavy atom. The number of hydrogen-bond acceptors (Lipinski definition) is 5. The van der Waals surface area contributed by atoms with E-state index < -0.39 is 23.4 Å². The zero-order valence-corrected chi connectivity index (χ0v) is 15.1. The first-order valence-corrected chi connectivity index (χ1v) is 8.83. The molecule has 1 heterocycles. The van der Waals surface area contributed by atoms with Crippen LogP contribution in [0.5, 0.6) is 0 Å². The van der Waals surface area contributed by atoms with Crippen molar-refractivity contribution in [3.63, 3.8) is 0 Å². The Bertz CT molecular complexity index is 606. The van der Waals surface area contributed by atoms with Gasteiger partial charge in [0.05, 0.1) is 5.41 Å². The number of likely N-dealkylation sites (tertiary alicyclic amines) is 1. The fourth-order valence-electron chi connectivity index (χ4n) is 2.63. The molecule has 0 N–H and O–H groups in total. The maximum Gasteiger partial charge on any atom is 0.410 e. The number of halogens is 1. The van der Waals surface area contributed by atoms with Crippen LogP contribution in [0.15, 0.2) is 30.3 Å². The number of hydrogen-bond donors (Lipinski definition) is 0. The highest BCUT2D eigenvalue weighted by molar-refractivity contribution is 9.09. The lowest BCUT2D eigenvalue weighted by molar-refractivity contribution is -0.167. The number of carbonyl (C=O) groups is 3. The van der Waals surface area contributed by atoms with Gasteiger partial charge in [0.25, 0.3) is 0 Å². The van der Waals surface area contributed by atoms with Crippen molar-refractivity contribution in [3.8, 4) is 0 Å². The van der Waals surface area contributed by atoms with E-state index in [0.29, 0.717) is 19.4 Å². The van der Waals surface area contributed by atoms with Gasteiger partial charge in [0, 0.05) is 13.1 Å². The minimum Gasteiger partial charge on any atom is -0.445 e. The Morgan fingerprint density at radius 1 is 1.25 bits per heavy atom. The van der Waals surface area contributed by atoms with E-state index in [1.54, 1.807) is 6.92 Å². The standard InChI is InChI=1S/C17H20BrNO5/c1-17(15(21)24-14(20)10-18)8-5-9-19(12-17)16(22)23-11-13-6-3-2-4-7-13/h2-4,6-7H,5,8-12H2,1H3. The molecular weight excluding hydrogens is 378 g/mol. The second-order valence-corrected chi connectivity index (χ2v) is 6.58. The molecule has 0 radical (unpaired) electrons. The molecule has 1 aromatic carbocycles. The molecule has 0 aromatic heterocycles. The Balaban J connectivity index is 1.92. The molecule has 130 valence electrons. The second kappa shape index (κ2) is 8.28. The normalized spacial score (nSPS) is 20.3. The summed E-state index contributed by atoms with van der Waals surface area (Å²) in [5, 5.41) is -0.0440.